The third-order valence-corrected chi connectivity index (χ3v) is 1.45. The molecule has 0 aliphatic carbocycles. The molecule has 0 aliphatic rings. The maximum Gasteiger partial charge on any atom is 0.406 e. The van der Waals surface area contributed by atoms with Crippen LogP contribution >= 0.6 is 0 Å². The number of aromatic nitrogens is 1. The normalized spacial score (nSPS) is 9.75. The topological polar surface area (TPSA) is 84.5 Å². The number of aryl methyl sites for hydroxylation is 1. The second kappa shape index (κ2) is 2.69. The van der Waals surface area contributed by atoms with Crippen LogP contribution in [0.2, 0.25) is 0 Å². The molecule has 5 heteroatoms. The first-order chi connectivity index (χ1) is 5.54. The molecule has 0 bridgehead atoms. The van der Waals surface area contributed by atoms with Gasteiger partial charge in [-0.25, -0.2) is 4.79 Å². The van der Waals surface area contributed by atoms with Crippen LogP contribution in [0.5, 0.6) is 5.75 Å². The van der Waals surface area contributed by atoms with Gasteiger partial charge in [-0.1, -0.05) is 0 Å². The fourth-order valence-corrected chi connectivity index (χ4v) is 0.823. The fourth-order valence-electron chi connectivity index (χ4n) is 0.823. The predicted octanol–water partition coefficient (Wildman–Crippen LogP) is 0.0322. The molecular formula is C7H7NO4. The lowest BCUT2D eigenvalue weighted by molar-refractivity contribution is -0.615. The highest BCUT2D eigenvalue weighted by atomic mass is 16.5. The first-order valence-corrected chi connectivity index (χ1v) is 3.19. The third-order valence-electron chi connectivity index (χ3n) is 1.45. The van der Waals surface area contributed by atoms with Gasteiger partial charge in [-0.05, 0) is 6.07 Å². The predicted molar refractivity (Wildman–Crippen MR) is 38.8 cm³/mol. The number of rotatable bonds is 1. The summed E-state index contributed by atoms with van der Waals surface area (Å²) in [7, 11) is 0. The number of pyridine rings is 1. The van der Waals surface area contributed by atoms with E-state index in [4.69, 9.17) is 10.2 Å². The Morgan fingerprint density at radius 3 is 2.58 bits per heavy atom. The van der Waals surface area contributed by atoms with E-state index in [0.29, 0.717) is 0 Å². The van der Waals surface area contributed by atoms with E-state index in [9.17, 15) is 10.0 Å². The molecule has 0 saturated heterocycles. The van der Waals surface area contributed by atoms with Crippen LogP contribution in [0.3, 0.4) is 0 Å². The largest absolute Gasteiger partial charge is 0.618 e. The Balaban J connectivity index is 3.43. The van der Waals surface area contributed by atoms with Gasteiger partial charge in [-0.15, -0.1) is 0 Å². The summed E-state index contributed by atoms with van der Waals surface area (Å²) in [6.45, 7) is 1.46. The summed E-state index contributed by atoms with van der Waals surface area (Å²) in [5.41, 5.74) is -0.416. The molecule has 64 valence electrons. The highest BCUT2D eigenvalue weighted by molar-refractivity contribution is 5.86. The average Bonchev–Trinajstić information content (AvgIpc) is 1.97. The maximum absolute atomic E-state index is 11.0. The van der Waals surface area contributed by atoms with E-state index >= 15 is 0 Å². The lowest BCUT2D eigenvalue weighted by Gasteiger charge is -2.04. The third kappa shape index (κ3) is 1.16. The van der Waals surface area contributed by atoms with E-state index < -0.39 is 17.4 Å². The van der Waals surface area contributed by atoms with Gasteiger partial charge in [-0.3, -0.25) is 0 Å². The Morgan fingerprint density at radius 1 is 1.58 bits per heavy atom. The molecule has 1 aromatic heterocycles. The van der Waals surface area contributed by atoms with E-state index in [1.165, 1.54) is 19.1 Å². The zero-order valence-electron chi connectivity index (χ0n) is 6.31. The summed E-state index contributed by atoms with van der Waals surface area (Å²) in [5, 5.41) is 28.5. The standard InChI is InChI=1S/C7H7NO4/c1-4-2-3-5(9)6(7(10)11)8(4)12/h2-3,9H,1H3,(H,10,11). The zero-order chi connectivity index (χ0) is 9.30. The SMILES string of the molecule is Cc1ccc(O)c(C(=O)O)[n+]1[O-]. The fraction of sp³-hybridized carbons (Fsp3) is 0.143. The van der Waals surface area contributed by atoms with Gasteiger partial charge in [0.25, 0.3) is 0 Å². The molecule has 0 aliphatic heterocycles. The van der Waals surface area contributed by atoms with Crippen LogP contribution in [0.25, 0.3) is 0 Å². The van der Waals surface area contributed by atoms with Crippen LogP contribution in [0.15, 0.2) is 12.1 Å². The second-order valence-corrected chi connectivity index (χ2v) is 2.31. The molecule has 0 amide bonds. The summed E-state index contributed by atoms with van der Waals surface area (Å²) < 4.78 is 0.178. The number of hydrogen-bond donors (Lipinski definition) is 2. The van der Waals surface area contributed by atoms with Crippen molar-refractivity contribution in [2.24, 2.45) is 0 Å². The lowest BCUT2D eigenvalue weighted by atomic mass is 10.3. The van der Waals surface area contributed by atoms with Crippen LogP contribution < -0.4 is 4.73 Å². The Morgan fingerprint density at radius 2 is 2.17 bits per heavy atom. The first kappa shape index (κ1) is 8.32. The molecule has 1 heterocycles. The van der Waals surface area contributed by atoms with Crippen LogP contribution in [-0.2, 0) is 0 Å². The molecule has 2 N–H and O–H groups in total. The van der Waals surface area contributed by atoms with E-state index in [2.05, 4.69) is 0 Å². The number of carboxylic acids is 1. The molecule has 1 aromatic rings. The minimum atomic E-state index is -1.44. The summed E-state index contributed by atoms with van der Waals surface area (Å²) >= 11 is 0. The van der Waals surface area contributed by atoms with E-state index in [1.54, 1.807) is 0 Å². The highest BCUT2D eigenvalue weighted by Crippen LogP contribution is 2.12. The van der Waals surface area contributed by atoms with Crippen molar-refractivity contribution in [2.45, 2.75) is 6.92 Å². The van der Waals surface area contributed by atoms with Gasteiger partial charge in [0.2, 0.25) is 0 Å². The summed E-state index contributed by atoms with van der Waals surface area (Å²) in [5.74, 6) is -1.96. The van der Waals surface area contributed by atoms with Crippen LogP contribution in [0.1, 0.15) is 16.2 Å². The minimum Gasteiger partial charge on any atom is -0.618 e. The molecule has 0 unspecified atom stereocenters. The molecule has 1 rings (SSSR count). The molecule has 0 radical (unpaired) electrons. The van der Waals surface area contributed by atoms with Crippen molar-refractivity contribution in [3.63, 3.8) is 0 Å². The van der Waals surface area contributed by atoms with Crippen molar-refractivity contribution in [3.8, 4) is 5.75 Å². The number of aromatic hydroxyl groups is 1. The summed E-state index contributed by atoms with van der Waals surface area (Å²) in [6, 6.07) is 2.52. The molecule has 0 spiro atoms. The molecule has 12 heavy (non-hydrogen) atoms. The lowest BCUT2D eigenvalue weighted by Crippen LogP contribution is -2.37. The van der Waals surface area contributed by atoms with Crippen LogP contribution in [0, 0.1) is 12.1 Å². The monoisotopic (exact) mass is 169 g/mol. The van der Waals surface area contributed by atoms with Gasteiger partial charge >= 0.3 is 11.7 Å². The number of hydrogen-bond acceptors (Lipinski definition) is 3. The molecule has 0 atom stereocenters. The Bertz CT molecular complexity index is 334. The van der Waals surface area contributed by atoms with Crippen molar-refractivity contribution >= 4 is 5.97 Å². The van der Waals surface area contributed by atoms with Gasteiger partial charge in [0, 0.05) is 13.0 Å². The van der Waals surface area contributed by atoms with Gasteiger partial charge in [0.05, 0.1) is 0 Å². The molecule has 5 nitrogen and oxygen atoms in total. The first-order valence-electron chi connectivity index (χ1n) is 3.19. The number of carboxylic acid groups (broad SMARTS) is 1. The van der Waals surface area contributed by atoms with Gasteiger partial charge in [0.15, 0.2) is 11.4 Å². The summed E-state index contributed by atoms with van der Waals surface area (Å²) in [6.07, 6.45) is 0. The number of carbonyl (C=O) groups is 1. The van der Waals surface area contributed by atoms with E-state index in [-0.39, 0.29) is 10.4 Å². The van der Waals surface area contributed by atoms with Crippen molar-refractivity contribution in [1.82, 2.24) is 0 Å². The van der Waals surface area contributed by atoms with Crippen molar-refractivity contribution in [2.75, 3.05) is 0 Å². The molecule has 0 saturated carbocycles. The smallest absolute Gasteiger partial charge is 0.406 e. The van der Waals surface area contributed by atoms with Crippen LogP contribution in [0.4, 0.5) is 0 Å². The summed E-state index contributed by atoms with van der Waals surface area (Å²) in [4.78, 5) is 10.4. The molecule has 0 fully saturated rings. The van der Waals surface area contributed by atoms with Crippen molar-refractivity contribution in [3.05, 3.63) is 28.7 Å². The van der Waals surface area contributed by atoms with Crippen molar-refractivity contribution < 1.29 is 19.7 Å². The molecule has 0 aromatic carbocycles. The van der Waals surface area contributed by atoms with Gasteiger partial charge in [-0.2, -0.15) is 4.73 Å². The Labute approximate surface area is 68.1 Å². The highest BCUT2D eigenvalue weighted by Gasteiger charge is 2.21. The van der Waals surface area contributed by atoms with E-state index in [0.717, 1.165) is 0 Å². The Hall–Kier alpha value is -1.78. The quantitative estimate of drug-likeness (QED) is 0.459. The van der Waals surface area contributed by atoms with Crippen molar-refractivity contribution in [1.29, 1.82) is 0 Å². The second-order valence-electron chi connectivity index (χ2n) is 2.31. The average molecular weight is 169 g/mol. The Kier molecular flexibility index (Phi) is 1.86. The molecular weight excluding hydrogens is 162 g/mol. The number of nitrogens with zero attached hydrogens (tertiary/aromatic N) is 1. The maximum atomic E-state index is 11.0. The van der Waals surface area contributed by atoms with E-state index in [1.807, 2.05) is 0 Å². The van der Waals surface area contributed by atoms with Gasteiger partial charge in [0.1, 0.15) is 0 Å². The number of aromatic carboxylic acids is 1. The minimum absolute atomic E-state index is 0.178. The van der Waals surface area contributed by atoms with Crippen LogP contribution in [-0.4, -0.2) is 16.2 Å². The van der Waals surface area contributed by atoms with Gasteiger partial charge < -0.3 is 15.4 Å². The zero-order valence-corrected chi connectivity index (χ0v) is 6.31.